The molecule has 0 bridgehead atoms. The first-order chi connectivity index (χ1) is 17.2. The molecule has 0 N–H and O–H groups in total. The third-order valence-electron chi connectivity index (χ3n) is 6.50. The summed E-state index contributed by atoms with van der Waals surface area (Å²) in [6.07, 6.45) is 7.14. The van der Waals surface area contributed by atoms with Crippen molar-refractivity contribution < 1.29 is 4.92 Å². The Balaban J connectivity index is 1.36. The van der Waals surface area contributed by atoms with Gasteiger partial charge in [0.2, 0.25) is 0 Å². The third-order valence-corrected chi connectivity index (χ3v) is 6.50. The van der Waals surface area contributed by atoms with Gasteiger partial charge in [-0.15, -0.1) is 0 Å². The monoisotopic (exact) mass is 458 g/mol. The first-order valence-electron chi connectivity index (χ1n) is 11.5. The second-order valence-corrected chi connectivity index (χ2v) is 8.66. The molecule has 0 fully saturated rings. The number of imidazole rings is 1. The molecule has 6 rings (SSSR count). The molecular weight excluding hydrogens is 436 g/mol. The van der Waals surface area contributed by atoms with Crippen molar-refractivity contribution in [3.05, 3.63) is 131 Å². The molecule has 0 atom stereocenters. The molecule has 6 aromatic rings. The highest BCUT2D eigenvalue weighted by Crippen LogP contribution is 2.36. The molecule has 0 unspecified atom stereocenters. The van der Waals surface area contributed by atoms with Gasteiger partial charge in [-0.25, -0.2) is 4.98 Å². The summed E-state index contributed by atoms with van der Waals surface area (Å²) in [6, 6.07) is 28.5. The highest BCUT2D eigenvalue weighted by atomic mass is 16.6. The number of benzene rings is 4. The number of nitro groups is 1. The van der Waals surface area contributed by atoms with Crippen LogP contribution in [0, 0.1) is 10.1 Å². The van der Waals surface area contributed by atoms with Crippen molar-refractivity contribution in [3.8, 4) is 11.1 Å². The van der Waals surface area contributed by atoms with Gasteiger partial charge in [-0.1, -0.05) is 84.9 Å². The Bertz CT molecular complexity index is 1690. The van der Waals surface area contributed by atoms with Crippen LogP contribution in [0.2, 0.25) is 0 Å². The maximum Gasteiger partial charge on any atom is 0.294 e. The number of hydrogen-bond acceptors (Lipinski definition) is 3. The van der Waals surface area contributed by atoms with Crippen molar-refractivity contribution in [3.63, 3.8) is 0 Å². The number of nitrogens with zero attached hydrogens (tertiary/aromatic N) is 4. The van der Waals surface area contributed by atoms with E-state index < -0.39 is 0 Å². The van der Waals surface area contributed by atoms with Gasteiger partial charge in [0.25, 0.3) is 5.69 Å². The van der Waals surface area contributed by atoms with Gasteiger partial charge in [0.05, 0.1) is 35.2 Å². The quantitative estimate of drug-likeness (QED) is 0.207. The summed E-state index contributed by atoms with van der Waals surface area (Å²) in [5.74, 6) is 0. The molecule has 0 aliphatic carbocycles. The van der Waals surface area contributed by atoms with E-state index in [2.05, 4.69) is 45.9 Å². The van der Waals surface area contributed by atoms with Crippen LogP contribution in [-0.4, -0.2) is 19.0 Å². The van der Waals surface area contributed by atoms with Crippen molar-refractivity contribution in [1.82, 2.24) is 14.1 Å². The zero-order valence-electron chi connectivity index (χ0n) is 18.9. The van der Waals surface area contributed by atoms with Crippen LogP contribution in [0.5, 0.6) is 0 Å². The molecule has 35 heavy (non-hydrogen) atoms. The van der Waals surface area contributed by atoms with Gasteiger partial charge in [0.15, 0.2) is 0 Å². The van der Waals surface area contributed by atoms with Gasteiger partial charge in [0, 0.05) is 18.9 Å². The van der Waals surface area contributed by atoms with Crippen LogP contribution in [0.4, 0.5) is 5.69 Å². The number of hydrogen-bond donors (Lipinski definition) is 0. The Morgan fingerprint density at radius 1 is 0.743 bits per heavy atom. The van der Waals surface area contributed by atoms with E-state index in [-0.39, 0.29) is 10.6 Å². The Morgan fingerprint density at radius 3 is 2.23 bits per heavy atom. The Morgan fingerprint density at radius 2 is 1.43 bits per heavy atom. The van der Waals surface area contributed by atoms with Gasteiger partial charge in [0.1, 0.15) is 0 Å². The van der Waals surface area contributed by atoms with Crippen molar-refractivity contribution >= 4 is 27.2 Å². The van der Waals surface area contributed by atoms with Gasteiger partial charge < -0.3 is 9.13 Å². The van der Waals surface area contributed by atoms with Gasteiger partial charge in [-0.05, 0) is 32.7 Å². The fraction of sp³-hybridized carbons (Fsp3) is 0.0690. The fourth-order valence-corrected chi connectivity index (χ4v) is 4.82. The summed E-state index contributed by atoms with van der Waals surface area (Å²) in [7, 11) is 0. The van der Waals surface area contributed by atoms with Crippen LogP contribution >= 0.6 is 0 Å². The molecule has 0 saturated carbocycles. The lowest BCUT2D eigenvalue weighted by Crippen LogP contribution is -2.07. The summed E-state index contributed by atoms with van der Waals surface area (Å²) in [5.41, 5.74) is 3.76. The summed E-state index contributed by atoms with van der Waals surface area (Å²) >= 11 is 0. The van der Waals surface area contributed by atoms with Crippen LogP contribution < -0.4 is 0 Å². The molecule has 0 amide bonds. The molecule has 6 nitrogen and oxygen atoms in total. The lowest BCUT2D eigenvalue weighted by Gasteiger charge is -2.11. The van der Waals surface area contributed by atoms with E-state index in [1.165, 1.54) is 16.3 Å². The molecule has 4 aromatic carbocycles. The smallest absolute Gasteiger partial charge is 0.294 e. The zero-order chi connectivity index (χ0) is 23.8. The van der Waals surface area contributed by atoms with E-state index in [1.807, 2.05) is 71.8 Å². The fourth-order valence-electron chi connectivity index (χ4n) is 4.82. The van der Waals surface area contributed by atoms with E-state index in [4.69, 9.17) is 0 Å². The van der Waals surface area contributed by atoms with E-state index in [9.17, 15) is 10.1 Å². The van der Waals surface area contributed by atoms with Crippen LogP contribution in [0.15, 0.2) is 110 Å². The summed E-state index contributed by atoms with van der Waals surface area (Å²) < 4.78 is 3.98. The topological polar surface area (TPSA) is 65.9 Å². The molecule has 2 heterocycles. The van der Waals surface area contributed by atoms with Crippen molar-refractivity contribution in [1.29, 1.82) is 0 Å². The van der Waals surface area contributed by atoms with Crippen LogP contribution in [0.1, 0.15) is 11.3 Å². The summed E-state index contributed by atoms with van der Waals surface area (Å²) in [6.45, 7) is 1.16. The second kappa shape index (κ2) is 8.57. The SMILES string of the molecule is O=[N+]([O-])c1cn(Cc2cncn2Cc2cccc3ccccc23)cc1-c1cccc2ccccc12. The first kappa shape index (κ1) is 20.9. The van der Waals surface area contributed by atoms with Crippen molar-refractivity contribution in [2.75, 3.05) is 0 Å². The van der Waals surface area contributed by atoms with Crippen molar-refractivity contribution in [2.45, 2.75) is 13.1 Å². The third kappa shape index (κ3) is 3.85. The molecule has 0 radical (unpaired) electrons. The minimum Gasteiger partial charge on any atom is -0.341 e. The molecular formula is C29H22N4O2. The van der Waals surface area contributed by atoms with E-state index in [0.717, 1.165) is 22.0 Å². The lowest BCUT2D eigenvalue weighted by atomic mass is 9.99. The normalized spacial score (nSPS) is 11.3. The van der Waals surface area contributed by atoms with E-state index in [0.29, 0.717) is 18.7 Å². The average Bonchev–Trinajstić information content (AvgIpc) is 3.51. The Hall–Kier alpha value is -4.71. The van der Waals surface area contributed by atoms with Crippen molar-refractivity contribution in [2.24, 2.45) is 0 Å². The molecule has 0 saturated heterocycles. The molecule has 6 heteroatoms. The average molecular weight is 459 g/mol. The highest BCUT2D eigenvalue weighted by Gasteiger charge is 2.21. The molecule has 170 valence electrons. The molecule has 0 aliphatic heterocycles. The minimum absolute atomic E-state index is 0.0986. The second-order valence-electron chi connectivity index (χ2n) is 8.66. The lowest BCUT2D eigenvalue weighted by molar-refractivity contribution is -0.384. The van der Waals surface area contributed by atoms with Gasteiger partial charge in [-0.2, -0.15) is 0 Å². The van der Waals surface area contributed by atoms with E-state index in [1.54, 1.807) is 6.20 Å². The Labute approximate surface area is 201 Å². The van der Waals surface area contributed by atoms with Crippen LogP contribution in [-0.2, 0) is 13.1 Å². The first-order valence-corrected chi connectivity index (χ1v) is 11.5. The number of aromatic nitrogens is 3. The maximum absolute atomic E-state index is 12.0. The Kier molecular flexibility index (Phi) is 5.11. The summed E-state index contributed by atoms with van der Waals surface area (Å²) in [5, 5.41) is 16.4. The predicted octanol–water partition coefficient (Wildman–Crippen LogP) is 6.66. The summed E-state index contributed by atoms with van der Waals surface area (Å²) in [4.78, 5) is 16.0. The number of rotatable bonds is 6. The molecule has 0 spiro atoms. The zero-order valence-corrected chi connectivity index (χ0v) is 18.9. The minimum atomic E-state index is -0.305. The predicted molar refractivity (Wildman–Crippen MR) is 138 cm³/mol. The van der Waals surface area contributed by atoms with E-state index >= 15 is 0 Å². The van der Waals surface area contributed by atoms with Crippen LogP contribution in [0.3, 0.4) is 0 Å². The van der Waals surface area contributed by atoms with Crippen LogP contribution in [0.25, 0.3) is 32.7 Å². The highest BCUT2D eigenvalue weighted by molar-refractivity contribution is 5.98. The van der Waals surface area contributed by atoms with Gasteiger partial charge in [-0.3, -0.25) is 10.1 Å². The maximum atomic E-state index is 12.0. The number of fused-ring (bicyclic) bond motifs is 2. The largest absolute Gasteiger partial charge is 0.341 e. The van der Waals surface area contributed by atoms with Gasteiger partial charge >= 0.3 is 0 Å². The standard InChI is InChI=1S/C29H22N4O2/c34-33(35)29-19-31(18-28(29)27-14-6-10-22-8-2-4-13-26(22)27)17-24-15-30-20-32(24)16-23-11-5-9-21-7-1-3-12-25(21)23/h1-15,18-20H,16-17H2. The molecule has 2 aromatic heterocycles. The molecule has 0 aliphatic rings.